The lowest BCUT2D eigenvalue weighted by molar-refractivity contribution is 0.238. The summed E-state index contributed by atoms with van der Waals surface area (Å²) in [6.07, 6.45) is 3.97. The quantitative estimate of drug-likeness (QED) is 0.775. The van der Waals surface area contributed by atoms with E-state index in [4.69, 9.17) is 10.5 Å². The number of hydrogen-bond acceptors (Lipinski definition) is 4. The van der Waals surface area contributed by atoms with Crippen LogP contribution in [-0.2, 0) is 6.54 Å². The van der Waals surface area contributed by atoms with Crippen molar-refractivity contribution in [1.82, 2.24) is 10.2 Å². The Hall–Kier alpha value is -1.16. The maximum Gasteiger partial charge on any atom is 0.237 e. The highest BCUT2D eigenvalue weighted by molar-refractivity contribution is 5.22. The lowest BCUT2D eigenvalue weighted by Gasteiger charge is -2.12. The first-order valence-electron chi connectivity index (χ1n) is 5.41. The van der Waals surface area contributed by atoms with Gasteiger partial charge in [-0.3, -0.25) is 0 Å². The van der Waals surface area contributed by atoms with E-state index < -0.39 is 0 Å². The molecule has 0 spiro atoms. The second-order valence-corrected chi connectivity index (χ2v) is 3.77. The lowest BCUT2D eigenvalue weighted by atomic mass is 10.1. The van der Waals surface area contributed by atoms with Crippen LogP contribution >= 0.6 is 0 Å². The average Bonchev–Trinajstić information content (AvgIpc) is 2.27. The molecule has 1 aromatic rings. The maximum atomic E-state index is 5.59. The molecule has 1 aromatic heterocycles. The van der Waals surface area contributed by atoms with Crippen LogP contribution in [0.4, 0.5) is 0 Å². The summed E-state index contributed by atoms with van der Waals surface area (Å²) in [4.78, 5) is 0. The van der Waals surface area contributed by atoms with Gasteiger partial charge in [0.2, 0.25) is 5.88 Å². The summed E-state index contributed by atoms with van der Waals surface area (Å²) < 4.78 is 5.59. The molecule has 1 heterocycles. The summed E-state index contributed by atoms with van der Waals surface area (Å²) in [6.45, 7) is 5.46. The van der Waals surface area contributed by atoms with Crippen molar-refractivity contribution >= 4 is 0 Å². The van der Waals surface area contributed by atoms with Gasteiger partial charge in [0.25, 0.3) is 0 Å². The van der Waals surface area contributed by atoms with E-state index in [-0.39, 0.29) is 0 Å². The van der Waals surface area contributed by atoms with E-state index in [2.05, 4.69) is 24.0 Å². The van der Waals surface area contributed by atoms with Crippen LogP contribution in [0.1, 0.15) is 32.3 Å². The Labute approximate surface area is 90.8 Å². The van der Waals surface area contributed by atoms with Crippen LogP contribution in [0.5, 0.6) is 5.88 Å². The predicted molar refractivity (Wildman–Crippen MR) is 59.5 cm³/mol. The molecule has 4 nitrogen and oxygen atoms in total. The molecule has 0 aliphatic carbocycles. The van der Waals surface area contributed by atoms with E-state index in [1.807, 2.05) is 6.07 Å². The fraction of sp³-hybridized carbons (Fsp3) is 0.636. The number of rotatable bonds is 6. The number of ether oxygens (including phenoxy) is 1. The highest BCUT2D eigenvalue weighted by Gasteiger charge is 2.06. The molecular formula is C11H19N3O. The molecule has 0 aromatic carbocycles. The van der Waals surface area contributed by atoms with Gasteiger partial charge in [0.05, 0.1) is 12.8 Å². The number of hydrogen-bond donors (Lipinski definition) is 1. The first kappa shape index (κ1) is 11.9. The fourth-order valence-electron chi connectivity index (χ4n) is 1.42. The van der Waals surface area contributed by atoms with Crippen molar-refractivity contribution in [2.24, 2.45) is 11.7 Å². The van der Waals surface area contributed by atoms with E-state index >= 15 is 0 Å². The van der Waals surface area contributed by atoms with Crippen LogP contribution in [0.15, 0.2) is 12.3 Å². The van der Waals surface area contributed by atoms with Gasteiger partial charge in [-0.05, 0) is 18.4 Å². The van der Waals surface area contributed by atoms with Gasteiger partial charge in [-0.15, -0.1) is 5.10 Å². The fourth-order valence-corrected chi connectivity index (χ4v) is 1.42. The molecule has 4 heteroatoms. The van der Waals surface area contributed by atoms with Crippen molar-refractivity contribution in [3.8, 4) is 5.88 Å². The normalized spacial score (nSPS) is 12.5. The summed E-state index contributed by atoms with van der Waals surface area (Å²) in [5, 5.41) is 7.72. The minimum absolute atomic E-state index is 0.438. The molecule has 0 aliphatic heterocycles. The van der Waals surface area contributed by atoms with Gasteiger partial charge in [-0.2, -0.15) is 5.10 Å². The van der Waals surface area contributed by atoms with Crippen molar-refractivity contribution in [1.29, 1.82) is 0 Å². The Morgan fingerprint density at radius 3 is 3.00 bits per heavy atom. The van der Waals surface area contributed by atoms with Gasteiger partial charge >= 0.3 is 0 Å². The summed E-state index contributed by atoms with van der Waals surface area (Å²) in [5.74, 6) is 1.12. The van der Waals surface area contributed by atoms with E-state index in [1.54, 1.807) is 6.20 Å². The zero-order valence-electron chi connectivity index (χ0n) is 9.44. The summed E-state index contributed by atoms with van der Waals surface area (Å²) in [7, 11) is 0. The molecule has 84 valence electrons. The van der Waals surface area contributed by atoms with Crippen LogP contribution in [0.3, 0.4) is 0 Å². The van der Waals surface area contributed by atoms with E-state index in [0.29, 0.717) is 24.9 Å². The molecule has 0 bridgehead atoms. The molecule has 0 amide bonds. The lowest BCUT2D eigenvalue weighted by Crippen LogP contribution is -2.11. The monoisotopic (exact) mass is 209 g/mol. The molecule has 0 aliphatic rings. The minimum Gasteiger partial charge on any atom is -0.476 e. The van der Waals surface area contributed by atoms with Crippen molar-refractivity contribution in [3.05, 3.63) is 17.8 Å². The SMILES string of the molecule is CCCC(C)COc1nnccc1CN. The third-order valence-electron chi connectivity index (χ3n) is 2.27. The van der Waals surface area contributed by atoms with Gasteiger partial charge in [0.15, 0.2) is 0 Å². The highest BCUT2D eigenvalue weighted by atomic mass is 16.5. The van der Waals surface area contributed by atoms with Gasteiger partial charge in [0.1, 0.15) is 0 Å². The number of nitrogens with two attached hydrogens (primary N) is 1. The van der Waals surface area contributed by atoms with Crippen LogP contribution < -0.4 is 10.5 Å². The Morgan fingerprint density at radius 1 is 1.53 bits per heavy atom. The van der Waals surface area contributed by atoms with Crippen molar-refractivity contribution in [3.63, 3.8) is 0 Å². The highest BCUT2D eigenvalue weighted by Crippen LogP contribution is 2.14. The molecule has 15 heavy (non-hydrogen) atoms. The standard InChI is InChI=1S/C11H19N3O/c1-3-4-9(2)8-15-11-10(7-12)5-6-13-14-11/h5-6,9H,3-4,7-8,12H2,1-2H3. The second-order valence-electron chi connectivity index (χ2n) is 3.77. The number of aromatic nitrogens is 2. The zero-order valence-corrected chi connectivity index (χ0v) is 9.44. The molecule has 0 saturated heterocycles. The first-order chi connectivity index (χ1) is 7.27. The molecule has 1 atom stereocenters. The molecule has 0 saturated carbocycles. The molecular weight excluding hydrogens is 190 g/mol. The van der Waals surface area contributed by atoms with E-state index in [9.17, 15) is 0 Å². The van der Waals surface area contributed by atoms with Crippen molar-refractivity contribution in [2.45, 2.75) is 33.2 Å². The molecule has 1 rings (SSSR count). The van der Waals surface area contributed by atoms with Gasteiger partial charge in [-0.25, -0.2) is 0 Å². The minimum atomic E-state index is 0.438. The van der Waals surface area contributed by atoms with Gasteiger partial charge < -0.3 is 10.5 Å². The summed E-state index contributed by atoms with van der Waals surface area (Å²) in [6, 6.07) is 1.84. The van der Waals surface area contributed by atoms with Gasteiger partial charge in [-0.1, -0.05) is 20.3 Å². The third-order valence-corrected chi connectivity index (χ3v) is 2.27. The maximum absolute atomic E-state index is 5.59. The van der Waals surface area contributed by atoms with Crippen molar-refractivity contribution < 1.29 is 4.74 Å². The molecule has 0 fully saturated rings. The third kappa shape index (κ3) is 3.83. The largest absolute Gasteiger partial charge is 0.476 e. The topological polar surface area (TPSA) is 61.0 Å². The Bertz CT molecular complexity index is 291. The van der Waals surface area contributed by atoms with Crippen molar-refractivity contribution in [2.75, 3.05) is 6.61 Å². The smallest absolute Gasteiger partial charge is 0.237 e. The molecule has 2 N–H and O–H groups in total. The first-order valence-corrected chi connectivity index (χ1v) is 5.41. The molecule has 1 unspecified atom stereocenters. The van der Waals surface area contributed by atoms with Crippen LogP contribution in [0.25, 0.3) is 0 Å². The number of nitrogens with zero attached hydrogens (tertiary/aromatic N) is 2. The summed E-state index contributed by atoms with van der Waals surface area (Å²) in [5.41, 5.74) is 6.48. The summed E-state index contributed by atoms with van der Waals surface area (Å²) >= 11 is 0. The van der Waals surface area contributed by atoms with E-state index in [0.717, 1.165) is 12.0 Å². The Balaban J connectivity index is 2.49. The van der Waals surface area contributed by atoms with Crippen LogP contribution in [-0.4, -0.2) is 16.8 Å². The van der Waals surface area contributed by atoms with Crippen LogP contribution in [0, 0.1) is 5.92 Å². The zero-order chi connectivity index (χ0) is 11.1. The van der Waals surface area contributed by atoms with E-state index in [1.165, 1.54) is 6.42 Å². The van der Waals surface area contributed by atoms with Gasteiger partial charge in [0, 0.05) is 12.1 Å². The Kier molecular flexibility index (Phi) is 5.04. The van der Waals surface area contributed by atoms with Crippen LogP contribution in [0.2, 0.25) is 0 Å². The predicted octanol–water partition coefficient (Wildman–Crippen LogP) is 1.75. The second kappa shape index (κ2) is 6.35. The molecule has 0 radical (unpaired) electrons. The Morgan fingerprint density at radius 2 is 2.33 bits per heavy atom. The average molecular weight is 209 g/mol.